The summed E-state index contributed by atoms with van der Waals surface area (Å²) in [5.74, 6) is -0.264. The number of carbonyl (C=O) groups excluding carboxylic acids is 2. The molecule has 0 saturated carbocycles. The zero-order chi connectivity index (χ0) is 39.3. The third-order valence-corrected chi connectivity index (χ3v) is 22.2. The van der Waals surface area contributed by atoms with Gasteiger partial charge in [0.15, 0.2) is 10.2 Å². The number of carbonyl (C=O) groups is 2. The van der Waals surface area contributed by atoms with Gasteiger partial charge in [0.05, 0.1) is 19.3 Å². The minimum absolute atomic E-state index is 0.121. The molecular formula is C44H53N3O4S2Si2. The average Bonchev–Trinajstić information content (AvgIpc) is 3.64. The predicted molar refractivity (Wildman–Crippen MR) is 235 cm³/mol. The molecule has 0 bridgehead atoms. The Hall–Kier alpha value is -3.85. The Morgan fingerprint density at radius 2 is 1.11 bits per heavy atom. The van der Waals surface area contributed by atoms with Gasteiger partial charge in [0, 0.05) is 30.6 Å². The second-order valence-electron chi connectivity index (χ2n) is 16.3. The number of amides is 1. The Morgan fingerprint density at radius 3 is 1.45 bits per heavy atom. The Labute approximate surface area is 337 Å². The van der Waals surface area contributed by atoms with E-state index < -0.39 is 22.7 Å². The van der Waals surface area contributed by atoms with Gasteiger partial charge in [-0.05, 0) is 30.8 Å². The molecule has 7 nitrogen and oxygen atoms in total. The third-order valence-electron chi connectivity index (χ3n) is 10.3. The molecule has 2 heterocycles. The van der Waals surface area contributed by atoms with E-state index in [1.165, 1.54) is 43.8 Å². The predicted octanol–water partition coefficient (Wildman–Crippen LogP) is 6.86. The fourth-order valence-electron chi connectivity index (χ4n) is 7.78. The van der Waals surface area contributed by atoms with E-state index in [-0.39, 0.29) is 39.6 Å². The molecule has 4 aromatic carbocycles. The van der Waals surface area contributed by atoms with Crippen molar-refractivity contribution in [2.75, 3.05) is 31.2 Å². The highest BCUT2D eigenvalue weighted by atomic mass is 32.2. The van der Waals surface area contributed by atoms with E-state index in [1.54, 1.807) is 6.92 Å². The number of nitrogens with one attached hydrogen (secondary N) is 1. The summed E-state index contributed by atoms with van der Waals surface area (Å²) in [6.45, 7) is 17.1. The van der Waals surface area contributed by atoms with Crippen LogP contribution < -0.4 is 31.0 Å². The summed E-state index contributed by atoms with van der Waals surface area (Å²) < 4.78 is 14.9. The molecule has 0 unspecified atom stereocenters. The van der Waals surface area contributed by atoms with Gasteiger partial charge >= 0.3 is 0 Å². The van der Waals surface area contributed by atoms with Crippen molar-refractivity contribution in [2.24, 2.45) is 0 Å². The SMILES string of the molecule is CC(=O)SC1CN(c2nc(C(=O)NC(CO[Si](c3ccccc3)(c3ccccc3)C(C)(C)C)CO[Si](c3ccccc3)(c3ccccc3)C(C)(C)C)cs2)C1. The molecule has 5 aromatic rings. The Balaban J connectivity index is 1.36. The minimum atomic E-state index is -2.95. The van der Waals surface area contributed by atoms with Gasteiger partial charge in [0.25, 0.3) is 22.5 Å². The summed E-state index contributed by atoms with van der Waals surface area (Å²) in [4.78, 5) is 32.7. The molecule has 1 amide bonds. The first kappa shape index (κ1) is 40.8. The molecule has 0 aliphatic carbocycles. The molecular weight excluding hydrogens is 755 g/mol. The number of hydrogen-bond acceptors (Lipinski definition) is 8. The van der Waals surface area contributed by atoms with Gasteiger partial charge < -0.3 is 19.1 Å². The second kappa shape index (κ2) is 17.1. The van der Waals surface area contributed by atoms with Crippen molar-refractivity contribution >= 4 is 76.6 Å². The number of anilines is 1. The number of benzene rings is 4. The largest absolute Gasteiger partial charge is 0.405 e. The second-order valence-corrected chi connectivity index (χ2v) is 27.2. The Morgan fingerprint density at radius 1 is 0.727 bits per heavy atom. The van der Waals surface area contributed by atoms with Gasteiger partial charge in [0.2, 0.25) is 0 Å². The molecule has 0 atom stereocenters. The van der Waals surface area contributed by atoms with Crippen LogP contribution in [0.2, 0.25) is 10.1 Å². The highest BCUT2D eigenvalue weighted by Crippen LogP contribution is 2.39. The van der Waals surface area contributed by atoms with Gasteiger partial charge in [0.1, 0.15) is 5.69 Å². The number of rotatable bonds is 14. The molecule has 1 fully saturated rings. The normalized spacial score (nSPS) is 14.1. The average molecular weight is 808 g/mol. The fraction of sp³-hybridized carbons (Fsp3) is 0.341. The number of thiazole rings is 1. The zero-order valence-corrected chi connectivity index (χ0v) is 36.6. The third kappa shape index (κ3) is 8.77. The molecule has 1 aliphatic rings. The first-order valence-electron chi connectivity index (χ1n) is 18.9. The summed E-state index contributed by atoms with van der Waals surface area (Å²) in [6, 6.07) is 41.8. The van der Waals surface area contributed by atoms with Crippen molar-refractivity contribution in [1.82, 2.24) is 10.3 Å². The van der Waals surface area contributed by atoms with Crippen LogP contribution in [0.25, 0.3) is 0 Å². The van der Waals surface area contributed by atoms with Crippen molar-refractivity contribution in [1.29, 1.82) is 0 Å². The van der Waals surface area contributed by atoms with Gasteiger partial charge in [-0.1, -0.05) is 175 Å². The fourth-order valence-corrected chi connectivity index (χ4v) is 18.8. The van der Waals surface area contributed by atoms with E-state index in [4.69, 9.17) is 13.8 Å². The summed E-state index contributed by atoms with van der Waals surface area (Å²) in [5.41, 5.74) is 0.364. The maximum Gasteiger partial charge on any atom is 0.271 e. The summed E-state index contributed by atoms with van der Waals surface area (Å²) in [6.07, 6.45) is 0. The zero-order valence-electron chi connectivity index (χ0n) is 33.0. The summed E-state index contributed by atoms with van der Waals surface area (Å²) in [5, 5.41) is 10.5. The molecule has 55 heavy (non-hydrogen) atoms. The maximum absolute atomic E-state index is 14.2. The van der Waals surface area contributed by atoms with Gasteiger partial charge in [-0.15, -0.1) is 11.3 Å². The van der Waals surface area contributed by atoms with E-state index in [9.17, 15) is 9.59 Å². The minimum Gasteiger partial charge on any atom is -0.405 e. The molecule has 288 valence electrons. The van der Waals surface area contributed by atoms with Crippen molar-refractivity contribution in [3.05, 3.63) is 132 Å². The Bertz CT molecular complexity index is 1830. The smallest absolute Gasteiger partial charge is 0.271 e. The topological polar surface area (TPSA) is 80.8 Å². The molecule has 0 spiro atoms. The van der Waals surface area contributed by atoms with Crippen molar-refractivity contribution < 1.29 is 18.4 Å². The van der Waals surface area contributed by atoms with Gasteiger partial charge in [-0.3, -0.25) is 9.59 Å². The van der Waals surface area contributed by atoms with E-state index in [0.29, 0.717) is 5.69 Å². The molecule has 0 radical (unpaired) electrons. The monoisotopic (exact) mass is 807 g/mol. The van der Waals surface area contributed by atoms with Crippen LogP contribution in [0.3, 0.4) is 0 Å². The van der Waals surface area contributed by atoms with Gasteiger partial charge in [-0.25, -0.2) is 4.98 Å². The van der Waals surface area contributed by atoms with Crippen LogP contribution >= 0.6 is 23.1 Å². The highest BCUT2D eigenvalue weighted by molar-refractivity contribution is 8.14. The highest BCUT2D eigenvalue weighted by Gasteiger charge is 2.52. The van der Waals surface area contributed by atoms with Crippen molar-refractivity contribution in [3.63, 3.8) is 0 Å². The lowest BCUT2D eigenvalue weighted by Crippen LogP contribution is -2.69. The lowest BCUT2D eigenvalue weighted by atomic mass is 10.2. The molecule has 1 N–H and O–H groups in total. The van der Waals surface area contributed by atoms with Crippen LogP contribution in [0, 0.1) is 0 Å². The van der Waals surface area contributed by atoms with Crippen LogP contribution in [0.4, 0.5) is 5.13 Å². The van der Waals surface area contributed by atoms with E-state index in [0.717, 1.165) is 18.2 Å². The van der Waals surface area contributed by atoms with Crippen LogP contribution in [0.5, 0.6) is 0 Å². The summed E-state index contributed by atoms with van der Waals surface area (Å²) >= 11 is 2.82. The molecule has 1 saturated heterocycles. The van der Waals surface area contributed by atoms with E-state index >= 15 is 0 Å². The lowest BCUT2D eigenvalue weighted by Gasteiger charge is -2.45. The number of thioether (sulfide) groups is 1. The number of hydrogen-bond donors (Lipinski definition) is 1. The molecule has 1 aliphatic heterocycles. The van der Waals surface area contributed by atoms with E-state index in [2.05, 4.69) is 149 Å². The standard InChI is InChI=1S/C44H53N3O4S2Si2/c1-33(48)53-35-28-47(29-35)42-46-40(32-52-42)41(49)45-34(30-50-54(43(2,3)4,36-20-12-8-13-21-36)37-22-14-9-15-23-37)31-51-55(44(5,6)7,38-24-16-10-17-25-38)39-26-18-11-19-27-39/h8-27,32,34-35H,28-31H2,1-7H3,(H,45,49). The molecule has 6 rings (SSSR count). The Kier molecular flexibility index (Phi) is 12.7. The van der Waals surface area contributed by atoms with E-state index in [1.807, 2.05) is 29.6 Å². The van der Waals surface area contributed by atoms with Crippen LogP contribution in [0.1, 0.15) is 59.0 Å². The first-order valence-corrected chi connectivity index (χ1v) is 24.5. The first-order chi connectivity index (χ1) is 26.2. The molecule has 1 aromatic heterocycles. The number of aromatic nitrogens is 1. The quantitative estimate of drug-likeness (QED) is 0.123. The van der Waals surface area contributed by atoms with Crippen molar-refractivity contribution in [3.8, 4) is 0 Å². The van der Waals surface area contributed by atoms with Crippen LogP contribution in [0.15, 0.2) is 127 Å². The molecule has 11 heteroatoms. The van der Waals surface area contributed by atoms with Crippen LogP contribution in [-0.2, 0) is 13.6 Å². The summed E-state index contributed by atoms with van der Waals surface area (Å²) in [7, 11) is -5.90. The maximum atomic E-state index is 14.2. The number of nitrogens with zero attached hydrogens (tertiary/aromatic N) is 2. The van der Waals surface area contributed by atoms with Crippen LogP contribution in [-0.4, -0.2) is 70.2 Å². The van der Waals surface area contributed by atoms with Crippen molar-refractivity contribution in [2.45, 2.75) is 69.8 Å². The van der Waals surface area contributed by atoms with Gasteiger partial charge in [-0.2, -0.15) is 0 Å². The lowest BCUT2D eigenvalue weighted by molar-refractivity contribution is -0.109.